The van der Waals surface area contributed by atoms with Gasteiger partial charge in [0.2, 0.25) is 0 Å². The summed E-state index contributed by atoms with van der Waals surface area (Å²) in [6, 6.07) is 10.1. The Kier molecular flexibility index (Phi) is 8.41. The summed E-state index contributed by atoms with van der Waals surface area (Å²) >= 11 is 0. The standard InChI is InChI=1S/C25H29NO4/c1-18(2)6-5-7-19(3)8-13-22-16-21(17-24(30-4)25(22)27)10-9-20-11-14-23(15-12-20)26(28)29/h6,8-12,14-17,27H,5,7,13H2,1-4H3/b10-9+,19-8+. The van der Waals surface area contributed by atoms with Gasteiger partial charge in [0.15, 0.2) is 11.5 Å². The van der Waals surface area contributed by atoms with Gasteiger partial charge in [0.1, 0.15) is 0 Å². The van der Waals surface area contributed by atoms with Gasteiger partial charge in [-0.25, -0.2) is 0 Å². The summed E-state index contributed by atoms with van der Waals surface area (Å²) in [6.45, 7) is 6.30. The lowest BCUT2D eigenvalue weighted by Crippen LogP contribution is -1.92. The van der Waals surface area contributed by atoms with Gasteiger partial charge < -0.3 is 9.84 Å². The molecule has 30 heavy (non-hydrogen) atoms. The molecule has 0 amide bonds. The summed E-state index contributed by atoms with van der Waals surface area (Å²) < 4.78 is 5.33. The summed E-state index contributed by atoms with van der Waals surface area (Å²) in [5.74, 6) is 0.574. The molecule has 0 bridgehead atoms. The molecule has 5 heteroatoms. The predicted octanol–water partition coefficient (Wildman–Crippen LogP) is 6.71. The number of allylic oxidation sites excluding steroid dienone is 4. The first kappa shape index (κ1) is 22.9. The quantitative estimate of drug-likeness (QED) is 0.217. The van der Waals surface area contributed by atoms with Crippen molar-refractivity contribution in [2.75, 3.05) is 7.11 Å². The van der Waals surface area contributed by atoms with Crippen LogP contribution in [-0.4, -0.2) is 17.1 Å². The van der Waals surface area contributed by atoms with Crippen LogP contribution in [0.15, 0.2) is 59.7 Å². The maximum atomic E-state index is 10.8. The van der Waals surface area contributed by atoms with Crippen LogP contribution in [-0.2, 0) is 6.42 Å². The highest BCUT2D eigenvalue weighted by Crippen LogP contribution is 2.33. The monoisotopic (exact) mass is 407 g/mol. The average molecular weight is 408 g/mol. The molecule has 0 saturated heterocycles. The Morgan fingerprint density at radius 2 is 1.73 bits per heavy atom. The van der Waals surface area contributed by atoms with Crippen molar-refractivity contribution in [3.05, 3.63) is 86.5 Å². The van der Waals surface area contributed by atoms with Crippen LogP contribution in [0.1, 0.15) is 50.3 Å². The molecule has 0 aliphatic carbocycles. The zero-order chi connectivity index (χ0) is 22.1. The van der Waals surface area contributed by atoms with Gasteiger partial charge in [-0.05, 0) is 75.4 Å². The van der Waals surface area contributed by atoms with Gasteiger partial charge in [0, 0.05) is 17.7 Å². The van der Waals surface area contributed by atoms with Crippen molar-refractivity contribution in [1.82, 2.24) is 0 Å². The number of aromatic hydroxyl groups is 1. The first-order valence-electron chi connectivity index (χ1n) is 9.91. The molecule has 0 unspecified atom stereocenters. The second kappa shape index (κ2) is 11.0. The van der Waals surface area contributed by atoms with E-state index in [2.05, 4.69) is 32.9 Å². The van der Waals surface area contributed by atoms with E-state index in [1.165, 1.54) is 30.4 Å². The minimum atomic E-state index is -0.417. The molecular formula is C25H29NO4. The molecule has 0 atom stereocenters. The fourth-order valence-electron chi connectivity index (χ4n) is 2.97. The number of phenols is 1. The summed E-state index contributed by atoms with van der Waals surface area (Å²) in [6.07, 6.45) is 10.7. The Labute approximate surface area is 178 Å². The average Bonchev–Trinajstić information content (AvgIpc) is 2.72. The van der Waals surface area contributed by atoms with Crippen LogP contribution in [0.2, 0.25) is 0 Å². The third kappa shape index (κ3) is 6.92. The molecule has 2 aromatic carbocycles. The van der Waals surface area contributed by atoms with Crippen LogP contribution in [0.3, 0.4) is 0 Å². The Bertz CT molecular complexity index is 965. The van der Waals surface area contributed by atoms with E-state index >= 15 is 0 Å². The van der Waals surface area contributed by atoms with Crippen LogP contribution in [0.4, 0.5) is 5.69 Å². The Balaban J connectivity index is 2.19. The third-order valence-corrected chi connectivity index (χ3v) is 4.73. The highest BCUT2D eigenvalue weighted by Gasteiger charge is 2.09. The van der Waals surface area contributed by atoms with Crippen molar-refractivity contribution in [3.63, 3.8) is 0 Å². The van der Waals surface area contributed by atoms with E-state index < -0.39 is 4.92 Å². The number of benzene rings is 2. The summed E-state index contributed by atoms with van der Waals surface area (Å²) in [5.41, 5.74) is 5.18. The van der Waals surface area contributed by atoms with Crippen LogP contribution in [0.5, 0.6) is 11.5 Å². The number of nitro groups is 1. The molecule has 2 rings (SSSR count). The lowest BCUT2D eigenvalue weighted by Gasteiger charge is -2.10. The number of hydrogen-bond donors (Lipinski definition) is 1. The van der Waals surface area contributed by atoms with Crippen LogP contribution < -0.4 is 4.74 Å². The number of rotatable bonds is 9. The van der Waals surface area contributed by atoms with E-state index in [1.54, 1.807) is 18.2 Å². The topological polar surface area (TPSA) is 72.6 Å². The highest BCUT2D eigenvalue weighted by molar-refractivity contribution is 5.72. The fraction of sp³-hybridized carbons (Fsp3) is 0.280. The van der Waals surface area contributed by atoms with Crippen molar-refractivity contribution in [2.24, 2.45) is 0 Å². The van der Waals surface area contributed by atoms with Gasteiger partial charge in [-0.1, -0.05) is 35.5 Å². The van der Waals surface area contributed by atoms with E-state index in [9.17, 15) is 15.2 Å². The normalized spacial score (nSPS) is 11.5. The van der Waals surface area contributed by atoms with Crippen molar-refractivity contribution >= 4 is 17.8 Å². The molecular weight excluding hydrogens is 378 g/mol. The van der Waals surface area contributed by atoms with Gasteiger partial charge in [0.05, 0.1) is 12.0 Å². The highest BCUT2D eigenvalue weighted by atomic mass is 16.6. The van der Waals surface area contributed by atoms with Crippen LogP contribution in [0, 0.1) is 10.1 Å². The number of phenolic OH excluding ortho intramolecular Hbond substituents is 1. The largest absolute Gasteiger partial charge is 0.504 e. The zero-order valence-corrected chi connectivity index (χ0v) is 18.0. The molecule has 0 aromatic heterocycles. The summed E-state index contributed by atoms with van der Waals surface area (Å²) in [5, 5.41) is 21.3. The molecule has 0 radical (unpaired) electrons. The van der Waals surface area contributed by atoms with E-state index in [0.717, 1.165) is 29.5 Å². The number of nitrogens with zero attached hydrogens (tertiary/aromatic N) is 1. The summed E-state index contributed by atoms with van der Waals surface area (Å²) in [7, 11) is 1.53. The molecule has 0 fully saturated rings. The minimum absolute atomic E-state index is 0.0625. The number of nitro benzene ring substituents is 1. The smallest absolute Gasteiger partial charge is 0.269 e. The second-order valence-corrected chi connectivity index (χ2v) is 7.49. The van der Waals surface area contributed by atoms with Gasteiger partial charge >= 0.3 is 0 Å². The van der Waals surface area contributed by atoms with E-state index in [1.807, 2.05) is 18.2 Å². The molecule has 2 aromatic rings. The summed E-state index contributed by atoms with van der Waals surface area (Å²) in [4.78, 5) is 10.4. The van der Waals surface area contributed by atoms with Gasteiger partial charge in [-0.15, -0.1) is 0 Å². The molecule has 1 N–H and O–H groups in total. The van der Waals surface area contributed by atoms with E-state index in [4.69, 9.17) is 4.74 Å². The number of hydrogen-bond acceptors (Lipinski definition) is 4. The molecule has 5 nitrogen and oxygen atoms in total. The van der Waals surface area contributed by atoms with Crippen molar-refractivity contribution in [3.8, 4) is 11.5 Å². The number of non-ortho nitro benzene ring substituents is 1. The van der Waals surface area contributed by atoms with Crippen molar-refractivity contribution in [2.45, 2.75) is 40.0 Å². The van der Waals surface area contributed by atoms with Crippen molar-refractivity contribution in [1.29, 1.82) is 0 Å². The predicted molar refractivity (Wildman–Crippen MR) is 123 cm³/mol. The molecule has 0 saturated carbocycles. The Morgan fingerprint density at radius 3 is 2.33 bits per heavy atom. The van der Waals surface area contributed by atoms with Gasteiger partial charge in [-0.2, -0.15) is 0 Å². The lowest BCUT2D eigenvalue weighted by atomic mass is 10.0. The number of methoxy groups -OCH3 is 1. The number of ether oxygens (including phenoxy) is 1. The van der Waals surface area contributed by atoms with E-state index in [-0.39, 0.29) is 11.4 Å². The van der Waals surface area contributed by atoms with Crippen LogP contribution in [0.25, 0.3) is 12.2 Å². The van der Waals surface area contributed by atoms with Gasteiger partial charge in [-0.3, -0.25) is 10.1 Å². The second-order valence-electron chi connectivity index (χ2n) is 7.49. The van der Waals surface area contributed by atoms with Crippen LogP contribution >= 0.6 is 0 Å². The molecule has 0 aliphatic rings. The fourth-order valence-corrected chi connectivity index (χ4v) is 2.97. The first-order chi connectivity index (χ1) is 14.3. The third-order valence-electron chi connectivity index (χ3n) is 4.73. The first-order valence-corrected chi connectivity index (χ1v) is 9.91. The molecule has 0 heterocycles. The lowest BCUT2D eigenvalue weighted by molar-refractivity contribution is -0.384. The maximum Gasteiger partial charge on any atom is 0.269 e. The maximum absolute atomic E-state index is 10.8. The minimum Gasteiger partial charge on any atom is -0.504 e. The zero-order valence-electron chi connectivity index (χ0n) is 18.0. The molecule has 158 valence electrons. The Hall–Kier alpha value is -3.34. The SMILES string of the molecule is COc1cc(/C=C/c2ccc([N+](=O)[O-])cc2)cc(C/C=C(\C)CCC=C(C)C)c1O. The Morgan fingerprint density at radius 1 is 1.07 bits per heavy atom. The molecule has 0 aliphatic heterocycles. The van der Waals surface area contributed by atoms with Crippen molar-refractivity contribution < 1.29 is 14.8 Å². The van der Waals surface area contributed by atoms with E-state index in [0.29, 0.717) is 12.2 Å². The molecule has 0 spiro atoms. The van der Waals surface area contributed by atoms with Gasteiger partial charge in [0.25, 0.3) is 5.69 Å².